The number of piperidine rings is 1. The fraction of sp³-hybridized carbons (Fsp3) is 0.500. The summed E-state index contributed by atoms with van der Waals surface area (Å²) in [5, 5.41) is 1.99. The molecular weight excluding hydrogens is 362 g/mol. The first-order valence-electron chi connectivity index (χ1n) is 9.65. The third-order valence-corrected chi connectivity index (χ3v) is 6.14. The maximum Gasteiger partial charge on any atom is 0.290 e. The molecule has 0 spiro atoms. The smallest absolute Gasteiger partial charge is 0.290 e. The number of rotatable bonds is 4. The Labute approximate surface area is 163 Å². The highest BCUT2D eigenvalue weighted by atomic mass is 32.2. The van der Waals surface area contributed by atoms with Crippen LogP contribution in [0.15, 0.2) is 23.1 Å². The monoisotopic (exact) mass is 387 g/mol. The van der Waals surface area contributed by atoms with Gasteiger partial charge in [0, 0.05) is 24.7 Å². The van der Waals surface area contributed by atoms with E-state index in [0.29, 0.717) is 4.91 Å². The fourth-order valence-corrected chi connectivity index (χ4v) is 4.72. The average Bonchev–Trinajstić information content (AvgIpc) is 3.25. The van der Waals surface area contributed by atoms with Crippen LogP contribution in [0.3, 0.4) is 0 Å². The molecule has 7 heteroatoms. The lowest BCUT2D eigenvalue weighted by molar-refractivity contribution is -0.115. The normalized spacial score (nSPS) is 25.3. The summed E-state index contributed by atoms with van der Waals surface area (Å²) in [7, 11) is 0. The second kappa shape index (κ2) is 7.94. The van der Waals surface area contributed by atoms with Crippen molar-refractivity contribution in [1.82, 2.24) is 5.32 Å². The third kappa shape index (κ3) is 4.14. The van der Waals surface area contributed by atoms with Gasteiger partial charge in [-0.3, -0.25) is 14.9 Å². The highest BCUT2D eigenvalue weighted by Gasteiger charge is 2.28. The lowest BCUT2D eigenvalue weighted by Gasteiger charge is -2.35. The number of nitrogens with two attached hydrogens (primary N) is 1. The first-order chi connectivity index (χ1) is 13.1. The zero-order chi connectivity index (χ0) is 18.8. The van der Waals surface area contributed by atoms with Crippen molar-refractivity contribution >= 4 is 34.7 Å². The van der Waals surface area contributed by atoms with Crippen molar-refractivity contribution in [3.05, 3.63) is 28.7 Å². The highest BCUT2D eigenvalue weighted by Crippen LogP contribution is 2.39. The van der Waals surface area contributed by atoms with Crippen LogP contribution in [-0.2, 0) is 4.79 Å². The van der Waals surface area contributed by atoms with Gasteiger partial charge in [0.1, 0.15) is 5.75 Å². The van der Waals surface area contributed by atoms with Gasteiger partial charge in [-0.05, 0) is 62.4 Å². The third-order valence-electron chi connectivity index (χ3n) is 5.33. The summed E-state index contributed by atoms with van der Waals surface area (Å²) in [5.41, 5.74) is 8.10. The van der Waals surface area contributed by atoms with Crippen molar-refractivity contribution in [2.75, 3.05) is 18.0 Å². The van der Waals surface area contributed by atoms with Crippen LogP contribution < -0.4 is 20.7 Å². The molecule has 1 saturated carbocycles. The summed E-state index contributed by atoms with van der Waals surface area (Å²) in [6.07, 6.45) is 8.66. The van der Waals surface area contributed by atoms with Crippen molar-refractivity contribution in [2.24, 2.45) is 5.73 Å². The molecule has 144 valence electrons. The topological polar surface area (TPSA) is 84.7 Å². The average molecular weight is 388 g/mol. The van der Waals surface area contributed by atoms with Crippen LogP contribution in [0.1, 0.15) is 44.1 Å². The van der Waals surface area contributed by atoms with Gasteiger partial charge in [-0.15, -0.1) is 0 Å². The number of ether oxygens (including phenoxy) is 1. The van der Waals surface area contributed by atoms with Crippen molar-refractivity contribution < 1.29 is 14.3 Å². The van der Waals surface area contributed by atoms with Crippen LogP contribution in [0.2, 0.25) is 0 Å². The number of hydrogen-bond donors (Lipinski definition) is 2. The Hall–Kier alpha value is -1.99. The standard InChI is InChI=1S/C20H25N3O3S/c21-14-6-4-10-23(12-14)18-13(11-17-19(24)22-20(25)27-17)5-3-9-16(18)26-15-7-1-2-8-15/h3,5,9,11,14-15H,1-2,4,6-8,10,12,21H2,(H,22,24,25). The summed E-state index contributed by atoms with van der Waals surface area (Å²) in [5.74, 6) is 0.508. The molecule has 2 amide bonds. The molecule has 1 unspecified atom stereocenters. The molecular formula is C20H25N3O3S. The molecule has 0 bridgehead atoms. The minimum absolute atomic E-state index is 0.129. The highest BCUT2D eigenvalue weighted by molar-refractivity contribution is 8.18. The SMILES string of the molecule is NC1CCCN(c2c(C=C3SC(=O)NC3=O)cccc2OC2CCCC2)C1. The van der Waals surface area contributed by atoms with E-state index >= 15 is 0 Å². The van der Waals surface area contributed by atoms with Crippen LogP contribution in [0.4, 0.5) is 10.5 Å². The predicted molar refractivity (Wildman–Crippen MR) is 108 cm³/mol. The van der Waals surface area contributed by atoms with Crippen LogP contribution in [-0.4, -0.2) is 36.4 Å². The lowest BCUT2D eigenvalue weighted by Crippen LogP contribution is -2.43. The molecule has 3 aliphatic rings. The van der Waals surface area contributed by atoms with Gasteiger partial charge in [-0.25, -0.2) is 0 Å². The van der Waals surface area contributed by atoms with E-state index in [0.717, 1.165) is 67.5 Å². The van der Waals surface area contributed by atoms with Crippen LogP contribution in [0.25, 0.3) is 6.08 Å². The van der Waals surface area contributed by atoms with E-state index in [2.05, 4.69) is 10.2 Å². The molecule has 3 fully saturated rings. The summed E-state index contributed by atoms with van der Waals surface area (Å²) < 4.78 is 6.36. The second-order valence-electron chi connectivity index (χ2n) is 7.42. The van der Waals surface area contributed by atoms with Gasteiger partial charge in [0.15, 0.2) is 0 Å². The second-order valence-corrected chi connectivity index (χ2v) is 8.43. The Bertz CT molecular complexity index is 774. The van der Waals surface area contributed by atoms with E-state index in [-0.39, 0.29) is 23.3 Å². The number of thioether (sulfide) groups is 1. The fourth-order valence-electron chi connectivity index (χ4n) is 4.05. The van der Waals surface area contributed by atoms with Crippen LogP contribution in [0.5, 0.6) is 5.75 Å². The number of imide groups is 1. The van der Waals surface area contributed by atoms with Crippen molar-refractivity contribution in [3.63, 3.8) is 0 Å². The summed E-state index contributed by atoms with van der Waals surface area (Å²) in [6.45, 7) is 1.67. The van der Waals surface area contributed by atoms with Crippen LogP contribution >= 0.6 is 11.8 Å². The summed E-state index contributed by atoms with van der Waals surface area (Å²) >= 11 is 0.941. The van der Waals surface area contributed by atoms with Crippen molar-refractivity contribution in [1.29, 1.82) is 0 Å². The first kappa shape index (κ1) is 18.4. The number of amides is 2. The van der Waals surface area contributed by atoms with Gasteiger partial charge < -0.3 is 15.4 Å². The lowest BCUT2D eigenvalue weighted by atomic mass is 10.0. The molecule has 1 aliphatic carbocycles. The Kier molecular flexibility index (Phi) is 5.41. The molecule has 0 radical (unpaired) electrons. The number of hydrogen-bond acceptors (Lipinski definition) is 6. The number of anilines is 1. The van der Waals surface area contributed by atoms with E-state index in [1.165, 1.54) is 12.8 Å². The molecule has 4 rings (SSSR count). The van der Waals surface area contributed by atoms with Crippen molar-refractivity contribution in [3.8, 4) is 5.75 Å². The number of nitrogens with one attached hydrogen (secondary N) is 1. The molecule has 1 aromatic rings. The zero-order valence-corrected chi connectivity index (χ0v) is 16.1. The predicted octanol–water partition coefficient (Wildman–Crippen LogP) is 3.26. The van der Waals surface area contributed by atoms with E-state index in [4.69, 9.17) is 10.5 Å². The van der Waals surface area contributed by atoms with E-state index in [1.807, 2.05) is 18.2 Å². The molecule has 0 aromatic heterocycles. The van der Waals surface area contributed by atoms with Gasteiger partial charge in [-0.2, -0.15) is 0 Å². The van der Waals surface area contributed by atoms with Crippen LogP contribution in [0, 0.1) is 0 Å². The number of carbonyl (C=O) groups is 2. The molecule has 1 aromatic carbocycles. The number of carbonyl (C=O) groups excluding carboxylic acids is 2. The van der Waals surface area contributed by atoms with E-state index < -0.39 is 0 Å². The molecule has 27 heavy (non-hydrogen) atoms. The van der Waals surface area contributed by atoms with Crippen molar-refractivity contribution in [2.45, 2.75) is 50.7 Å². The van der Waals surface area contributed by atoms with Gasteiger partial charge in [-0.1, -0.05) is 12.1 Å². The van der Waals surface area contributed by atoms with E-state index in [9.17, 15) is 9.59 Å². The molecule has 2 saturated heterocycles. The Morgan fingerprint density at radius 3 is 2.70 bits per heavy atom. The Balaban J connectivity index is 1.71. The first-order valence-corrected chi connectivity index (χ1v) is 10.5. The molecule has 2 aliphatic heterocycles. The zero-order valence-electron chi connectivity index (χ0n) is 15.3. The summed E-state index contributed by atoms with van der Waals surface area (Å²) in [6, 6.07) is 6.05. The van der Waals surface area contributed by atoms with Gasteiger partial charge in [0.05, 0.1) is 16.7 Å². The van der Waals surface area contributed by atoms with Gasteiger partial charge in [0.25, 0.3) is 11.1 Å². The molecule has 1 atom stereocenters. The van der Waals surface area contributed by atoms with Gasteiger partial charge >= 0.3 is 0 Å². The number of nitrogens with zero attached hydrogens (tertiary/aromatic N) is 1. The maximum absolute atomic E-state index is 12.0. The maximum atomic E-state index is 12.0. The quantitative estimate of drug-likeness (QED) is 0.772. The summed E-state index contributed by atoms with van der Waals surface area (Å²) in [4.78, 5) is 26.2. The molecule has 2 heterocycles. The Morgan fingerprint density at radius 1 is 1.19 bits per heavy atom. The molecule has 6 nitrogen and oxygen atoms in total. The minimum atomic E-state index is -0.339. The largest absolute Gasteiger partial charge is 0.488 e. The van der Waals surface area contributed by atoms with Gasteiger partial charge in [0.2, 0.25) is 0 Å². The number of para-hydroxylation sites is 1. The number of benzene rings is 1. The Morgan fingerprint density at radius 2 is 2.00 bits per heavy atom. The molecule has 3 N–H and O–H groups in total. The van der Waals surface area contributed by atoms with E-state index in [1.54, 1.807) is 6.08 Å². The minimum Gasteiger partial charge on any atom is -0.488 e.